The molecule has 2 nitrogen and oxygen atoms in total. The van der Waals surface area contributed by atoms with Gasteiger partial charge in [-0.15, -0.1) is 12.4 Å². The zero-order valence-electron chi connectivity index (χ0n) is 9.33. The molecule has 0 aliphatic carbocycles. The number of halogens is 2. The molecule has 0 unspecified atom stereocenters. The van der Waals surface area contributed by atoms with Gasteiger partial charge in [0.1, 0.15) is 11.9 Å². The van der Waals surface area contributed by atoms with Crippen LogP contribution >= 0.6 is 28.3 Å². The number of benzene rings is 1. The minimum absolute atomic E-state index is 0. The highest BCUT2D eigenvalue weighted by molar-refractivity contribution is 9.10. The van der Waals surface area contributed by atoms with Crippen molar-refractivity contribution in [3.63, 3.8) is 0 Å². The first-order valence-corrected chi connectivity index (χ1v) is 6.18. The van der Waals surface area contributed by atoms with E-state index in [-0.39, 0.29) is 12.4 Å². The first-order chi connectivity index (χ1) is 7.25. The molecule has 0 amide bonds. The van der Waals surface area contributed by atoms with Crippen LogP contribution in [-0.4, -0.2) is 19.2 Å². The quantitative estimate of drug-likeness (QED) is 0.905. The van der Waals surface area contributed by atoms with Crippen LogP contribution in [0.3, 0.4) is 0 Å². The third-order valence-electron chi connectivity index (χ3n) is 2.67. The molecule has 0 aromatic heterocycles. The molecule has 1 N–H and O–H groups in total. The summed E-state index contributed by atoms with van der Waals surface area (Å²) in [6.45, 7) is 4.21. The van der Waals surface area contributed by atoms with Crippen molar-refractivity contribution in [1.29, 1.82) is 0 Å². The van der Waals surface area contributed by atoms with Gasteiger partial charge >= 0.3 is 0 Å². The van der Waals surface area contributed by atoms with Crippen LogP contribution in [0.2, 0.25) is 0 Å². The molecule has 0 atom stereocenters. The second kappa shape index (κ2) is 6.48. The Balaban J connectivity index is 0.00000128. The summed E-state index contributed by atoms with van der Waals surface area (Å²) in [4.78, 5) is 0. The standard InChI is InChI=1S/C12H16BrNO.ClH/c1-9-2-3-12(11(13)8-9)15-10-4-6-14-7-5-10;/h2-3,8,10,14H,4-7H2,1H3;1H. The lowest BCUT2D eigenvalue weighted by molar-refractivity contribution is 0.161. The van der Waals surface area contributed by atoms with E-state index in [1.54, 1.807) is 0 Å². The molecule has 1 aliphatic rings. The Morgan fingerprint density at radius 1 is 1.31 bits per heavy atom. The lowest BCUT2D eigenvalue weighted by Crippen LogP contribution is -2.34. The molecule has 1 heterocycles. The SMILES string of the molecule is Cc1ccc(OC2CCNCC2)c(Br)c1.Cl. The number of rotatable bonds is 2. The second-order valence-corrected chi connectivity index (χ2v) is 4.86. The fourth-order valence-corrected chi connectivity index (χ4v) is 2.38. The fraction of sp³-hybridized carbons (Fsp3) is 0.500. The Kier molecular flexibility index (Phi) is 5.59. The molecule has 0 radical (unpaired) electrons. The highest BCUT2D eigenvalue weighted by atomic mass is 79.9. The number of hydrogen-bond donors (Lipinski definition) is 1. The van der Waals surface area contributed by atoms with E-state index in [0.717, 1.165) is 36.2 Å². The Hall–Kier alpha value is -0.250. The molecule has 2 rings (SSSR count). The molecule has 0 bridgehead atoms. The van der Waals surface area contributed by atoms with Gasteiger partial charge < -0.3 is 10.1 Å². The van der Waals surface area contributed by atoms with E-state index >= 15 is 0 Å². The zero-order valence-corrected chi connectivity index (χ0v) is 11.7. The number of ether oxygens (including phenoxy) is 1. The maximum atomic E-state index is 5.95. The van der Waals surface area contributed by atoms with E-state index in [1.807, 2.05) is 6.07 Å². The van der Waals surface area contributed by atoms with Crippen molar-refractivity contribution >= 4 is 28.3 Å². The predicted molar refractivity (Wildman–Crippen MR) is 72.6 cm³/mol. The van der Waals surface area contributed by atoms with E-state index in [1.165, 1.54) is 5.56 Å². The first kappa shape index (κ1) is 13.8. The smallest absolute Gasteiger partial charge is 0.133 e. The molecule has 16 heavy (non-hydrogen) atoms. The van der Waals surface area contributed by atoms with Crippen molar-refractivity contribution < 1.29 is 4.74 Å². The van der Waals surface area contributed by atoms with Gasteiger partial charge in [-0.25, -0.2) is 0 Å². The van der Waals surface area contributed by atoms with Crippen molar-refractivity contribution in [1.82, 2.24) is 5.32 Å². The average molecular weight is 307 g/mol. The molecule has 1 aliphatic heterocycles. The van der Waals surface area contributed by atoms with Gasteiger partial charge in [0, 0.05) is 0 Å². The molecule has 1 saturated heterocycles. The molecule has 1 fully saturated rings. The van der Waals surface area contributed by atoms with Crippen LogP contribution in [0.1, 0.15) is 18.4 Å². The van der Waals surface area contributed by atoms with Gasteiger partial charge in [0.05, 0.1) is 4.47 Å². The maximum absolute atomic E-state index is 5.95. The Labute approximate surface area is 111 Å². The van der Waals surface area contributed by atoms with Crippen LogP contribution < -0.4 is 10.1 Å². The summed E-state index contributed by atoms with van der Waals surface area (Å²) in [7, 11) is 0. The average Bonchev–Trinajstić information content (AvgIpc) is 2.24. The fourth-order valence-electron chi connectivity index (χ4n) is 1.79. The van der Waals surface area contributed by atoms with Crippen molar-refractivity contribution in [2.45, 2.75) is 25.9 Å². The Morgan fingerprint density at radius 3 is 2.62 bits per heavy atom. The van der Waals surface area contributed by atoms with E-state index < -0.39 is 0 Å². The lowest BCUT2D eigenvalue weighted by atomic mass is 10.1. The van der Waals surface area contributed by atoms with Gasteiger partial charge in [0.25, 0.3) is 0 Å². The van der Waals surface area contributed by atoms with Crippen LogP contribution in [0, 0.1) is 6.92 Å². The molecular weight excluding hydrogens is 289 g/mol. The minimum atomic E-state index is 0. The largest absolute Gasteiger partial charge is 0.489 e. The van der Waals surface area contributed by atoms with E-state index in [9.17, 15) is 0 Å². The van der Waals surface area contributed by atoms with Gasteiger partial charge in [-0.2, -0.15) is 0 Å². The predicted octanol–water partition coefficient (Wildman–Crippen LogP) is 3.31. The van der Waals surface area contributed by atoms with Crippen molar-refractivity contribution in [2.24, 2.45) is 0 Å². The zero-order chi connectivity index (χ0) is 10.7. The number of aryl methyl sites for hydroxylation is 1. The molecule has 1 aromatic carbocycles. The number of nitrogens with one attached hydrogen (secondary N) is 1. The summed E-state index contributed by atoms with van der Waals surface area (Å²) in [5.41, 5.74) is 1.25. The van der Waals surface area contributed by atoms with Crippen LogP contribution in [0.5, 0.6) is 5.75 Å². The summed E-state index contributed by atoms with van der Waals surface area (Å²) < 4.78 is 7.01. The molecule has 4 heteroatoms. The van der Waals surface area contributed by atoms with Gasteiger partial charge in [0.15, 0.2) is 0 Å². The highest BCUT2D eigenvalue weighted by Crippen LogP contribution is 2.27. The third-order valence-corrected chi connectivity index (χ3v) is 3.29. The van der Waals surface area contributed by atoms with Crippen molar-refractivity contribution in [3.8, 4) is 5.75 Å². The molecule has 0 saturated carbocycles. The van der Waals surface area contributed by atoms with Crippen molar-refractivity contribution in [3.05, 3.63) is 28.2 Å². The van der Waals surface area contributed by atoms with Crippen molar-refractivity contribution in [2.75, 3.05) is 13.1 Å². The van der Waals surface area contributed by atoms with E-state index in [0.29, 0.717) is 6.10 Å². The summed E-state index contributed by atoms with van der Waals surface area (Å²) in [6.07, 6.45) is 2.56. The summed E-state index contributed by atoms with van der Waals surface area (Å²) in [5, 5.41) is 3.33. The minimum Gasteiger partial charge on any atom is -0.489 e. The van der Waals surface area contributed by atoms with Gasteiger partial charge in [0.2, 0.25) is 0 Å². The normalized spacial score (nSPS) is 16.6. The van der Waals surface area contributed by atoms with Gasteiger partial charge in [-0.1, -0.05) is 6.07 Å². The number of piperidine rings is 1. The van der Waals surface area contributed by atoms with Crippen LogP contribution in [-0.2, 0) is 0 Å². The molecule has 0 spiro atoms. The lowest BCUT2D eigenvalue weighted by Gasteiger charge is -2.24. The summed E-state index contributed by atoms with van der Waals surface area (Å²) in [6, 6.07) is 6.22. The summed E-state index contributed by atoms with van der Waals surface area (Å²) in [5.74, 6) is 0.965. The van der Waals surface area contributed by atoms with E-state index in [4.69, 9.17) is 4.74 Å². The van der Waals surface area contributed by atoms with Gasteiger partial charge in [-0.3, -0.25) is 0 Å². The molecule has 1 aromatic rings. The van der Waals surface area contributed by atoms with Crippen LogP contribution in [0.15, 0.2) is 22.7 Å². The first-order valence-electron chi connectivity index (χ1n) is 5.39. The van der Waals surface area contributed by atoms with Crippen LogP contribution in [0.4, 0.5) is 0 Å². The maximum Gasteiger partial charge on any atom is 0.133 e. The molecule has 90 valence electrons. The molecular formula is C12H17BrClNO. The highest BCUT2D eigenvalue weighted by Gasteiger charge is 2.15. The summed E-state index contributed by atoms with van der Waals surface area (Å²) >= 11 is 3.53. The topological polar surface area (TPSA) is 21.3 Å². The van der Waals surface area contributed by atoms with E-state index in [2.05, 4.69) is 40.3 Å². The number of hydrogen-bond acceptors (Lipinski definition) is 2. The monoisotopic (exact) mass is 305 g/mol. The Morgan fingerprint density at radius 2 is 2.00 bits per heavy atom. The van der Waals surface area contributed by atoms with Crippen LogP contribution in [0.25, 0.3) is 0 Å². The second-order valence-electron chi connectivity index (χ2n) is 4.00. The van der Waals surface area contributed by atoms with Gasteiger partial charge in [-0.05, 0) is 66.5 Å². The Bertz CT molecular complexity index is 340. The third kappa shape index (κ3) is 3.65.